The molecule has 0 amide bonds. The lowest BCUT2D eigenvalue weighted by molar-refractivity contribution is 0.236. The molecular weight excluding hydrogens is 348 g/mol. The Hall–Kier alpha value is -1.68. The fourth-order valence-corrected chi connectivity index (χ4v) is 8.26. The second-order valence-electron chi connectivity index (χ2n) is 8.52. The summed E-state index contributed by atoms with van der Waals surface area (Å²) in [6.45, 7) is 11.9. The van der Waals surface area contributed by atoms with Crippen molar-refractivity contribution < 1.29 is 9.53 Å². The zero-order valence-corrected chi connectivity index (χ0v) is 18.4. The molecule has 1 atom stereocenters. The summed E-state index contributed by atoms with van der Waals surface area (Å²) in [5.41, 5.74) is 1.27. The summed E-state index contributed by atoms with van der Waals surface area (Å²) in [7, 11) is -2.46. The van der Waals surface area contributed by atoms with E-state index in [1.54, 1.807) is 0 Å². The van der Waals surface area contributed by atoms with E-state index >= 15 is 0 Å². The molecule has 2 rings (SSSR count). The first-order valence-electron chi connectivity index (χ1n) is 9.82. The normalized spacial score (nSPS) is 14.2. The molecular formula is C24H34O2Si. The molecule has 27 heavy (non-hydrogen) atoms. The molecule has 0 fully saturated rings. The molecule has 0 unspecified atom stereocenters. The third kappa shape index (κ3) is 5.19. The Kier molecular flexibility index (Phi) is 7.60. The molecule has 0 saturated heterocycles. The first-order valence-corrected chi connectivity index (χ1v) is 11.7. The SMILES string of the molecule is C/C(=C\CO[Si](c1ccccc1)(c1ccccc1)C(C)(C)C)C[C@@H](C)CO. The van der Waals surface area contributed by atoms with Crippen molar-refractivity contribution in [1.29, 1.82) is 0 Å². The Morgan fingerprint density at radius 3 is 1.89 bits per heavy atom. The van der Waals surface area contributed by atoms with Gasteiger partial charge in [-0.15, -0.1) is 0 Å². The highest BCUT2D eigenvalue weighted by Gasteiger charge is 2.49. The van der Waals surface area contributed by atoms with Crippen LogP contribution in [0.5, 0.6) is 0 Å². The standard InChI is InChI=1S/C24H34O2Si/c1-20(18-21(2)19-25)16-17-26-27(24(3,4)5,22-12-8-6-9-13-22)23-14-10-7-11-15-23/h6-16,21,25H,17-19H2,1-5H3/b20-16+/t21-/m1/s1. The van der Waals surface area contributed by atoms with Crippen LogP contribution in [0.25, 0.3) is 0 Å². The predicted molar refractivity (Wildman–Crippen MR) is 118 cm³/mol. The highest BCUT2D eigenvalue weighted by Crippen LogP contribution is 2.36. The van der Waals surface area contributed by atoms with Gasteiger partial charge in [0.25, 0.3) is 8.32 Å². The van der Waals surface area contributed by atoms with E-state index in [0.717, 1.165) is 6.42 Å². The quantitative estimate of drug-likeness (QED) is 0.537. The fraction of sp³-hybridized carbons (Fsp3) is 0.417. The average Bonchev–Trinajstić information content (AvgIpc) is 2.65. The van der Waals surface area contributed by atoms with E-state index in [1.807, 2.05) is 0 Å². The van der Waals surface area contributed by atoms with Crippen molar-refractivity contribution in [1.82, 2.24) is 0 Å². The number of hydrogen-bond donors (Lipinski definition) is 1. The zero-order chi connectivity index (χ0) is 19.9. The van der Waals surface area contributed by atoms with Crippen molar-refractivity contribution in [3.63, 3.8) is 0 Å². The Morgan fingerprint density at radius 2 is 1.48 bits per heavy atom. The minimum absolute atomic E-state index is 0.00413. The van der Waals surface area contributed by atoms with Crippen LogP contribution < -0.4 is 10.4 Å². The summed E-state index contributed by atoms with van der Waals surface area (Å²) in [6.07, 6.45) is 3.09. The Morgan fingerprint density at radius 1 is 1.00 bits per heavy atom. The lowest BCUT2D eigenvalue weighted by Crippen LogP contribution is -2.66. The predicted octanol–water partition coefficient (Wildman–Crippen LogP) is 4.53. The third-order valence-corrected chi connectivity index (χ3v) is 10.1. The Labute approximate surface area is 166 Å². The molecule has 2 aromatic carbocycles. The summed E-state index contributed by atoms with van der Waals surface area (Å²) < 4.78 is 6.85. The second-order valence-corrected chi connectivity index (χ2v) is 12.8. The molecule has 2 nitrogen and oxygen atoms in total. The van der Waals surface area contributed by atoms with Crippen LogP contribution in [-0.4, -0.2) is 26.6 Å². The summed E-state index contributed by atoms with van der Waals surface area (Å²) in [5.74, 6) is 0.286. The van der Waals surface area contributed by atoms with Crippen LogP contribution in [0.15, 0.2) is 72.3 Å². The van der Waals surface area contributed by atoms with Gasteiger partial charge in [-0.05, 0) is 34.7 Å². The maximum Gasteiger partial charge on any atom is 0.261 e. The topological polar surface area (TPSA) is 29.5 Å². The van der Waals surface area contributed by atoms with Crippen LogP contribution in [0, 0.1) is 5.92 Å². The molecule has 0 radical (unpaired) electrons. The van der Waals surface area contributed by atoms with Crippen molar-refractivity contribution in [3.05, 3.63) is 72.3 Å². The van der Waals surface area contributed by atoms with Gasteiger partial charge in [0.05, 0.1) is 6.61 Å². The van der Waals surface area contributed by atoms with Crippen LogP contribution in [0.3, 0.4) is 0 Å². The van der Waals surface area contributed by atoms with E-state index in [4.69, 9.17) is 4.43 Å². The number of rotatable bonds is 8. The molecule has 0 spiro atoms. The van der Waals surface area contributed by atoms with Gasteiger partial charge in [-0.25, -0.2) is 0 Å². The minimum atomic E-state index is -2.46. The van der Waals surface area contributed by atoms with Crippen molar-refractivity contribution in [2.45, 2.75) is 46.1 Å². The van der Waals surface area contributed by atoms with Gasteiger partial charge in [0.2, 0.25) is 0 Å². The smallest absolute Gasteiger partial charge is 0.261 e. The van der Waals surface area contributed by atoms with Crippen LogP contribution in [0.4, 0.5) is 0 Å². The molecule has 0 saturated carbocycles. The number of aliphatic hydroxyl groups excluding tert-OH is 1. The van der Waals surface area contributed by atoms with Gasteiger partial charge in [-0.1, -0.05) is 100 Å². The van der Waals surface area contributed by atoms with E-state index in [9.17, 15) is 5.11 Å². The van der Waals surface area contributed by atoms with Gasteiger partial charge in [0, 0.05) is 6.61 Å². The summed E-state index contributed by atoms with van der Waals surface area (Å²) in [4.78, 5) is 0. The minimum Gasteiger partial charge on any atom is -0.404 e. The summed E-state index contributed by atoms with van der Waals surface area (Å²) in [6, 6.07) is 21.4. The van der Waals surface area contributed by atoms with Gasteiger partial charge < -0.3 is 9.53 Å². The molecule has 0 aromatic heterocycles. The van der Waals surface area contributed by atoms with Crippen LogP contribution in [0.2, 0.25) is 5.04 Å². The van der Waals surface area contributed by atoms with Crippen LogP contribution in [0.1, 0.15) is 41.0 Å². The molecule has 3 heteroatoms. The molecule has 0 aliphatic rings. The average molecular weight is 383 g/mol. The largest absolute Gasteiger partial charge is 0.404 e. The summed E-state index contributed by atoms with van der Waals surface area (Å²) in [5, 5.41) is 11.9. The maximum atomic E-state index is 9.29. The molecule has 0 aliphatic carbocycles. The number of hydrogen-bond acceptors (Lipinski definition) is 2. The van der Waals surface area contributed by atoms with Gasteiger partial charge in [-0.2, -0.15) is 0 Å². The van der Waals surface area contributed by atoms with E-state index in [2.05, 4.69) is 101 Å². The first kappa shape index (κ1) is 21.6. The van der Waals surface area contributed by atoms with E-state index in [-0.39, 0.29) is 17.6 Å². The highest BCUT2D eigenvalue weighted by atomic mass is 28.4. The first-order chi connectivity index (χ1) is 12.8. The third-order valence-electron chi connectivity index (χ3n) is 5.13. The van der Waals surface area contributed by atoms with Crippen LogP contribution >= 0.6 is 0 Å². The van der Waals surface area contributed by atoms with Crippen molar-refractivity contribution in [2.75, 3.05) is 13.2 Å². The molecule has 1 N–H and O–H groups in total. The Bertz CT molecular complexity index is 678. The van der Waals surface area contributed by atoms with Gasteiger partial charge in [-0.3, -0.25) is 0 Å². The van der Waals surface area contributed by atoms with E-state index in [0.29, 0.717) is 6.61 Å². The van der Waals surface area contributed by atoms with Crippen molar-refractivity contribution >= 4 is 18.7 Å². The molecule has 2 aromatic rings. The second kappa shape index (κ2) is 9.49. The van der Waals surface area contributed by atoms with Gasteiger partial charge >= 0.3 is 0 Å². The fourth-order valence-electron chi connectivity index (χ4n) is 3.77. The molecule has 0 aliphatic heterocycles. The highest BCUT2D eigenvalue weighted by molar-refractivity contribution is 6.99. The zero-order valence-electron chi connectivity index (χ0n) is 17.4. The number of aliphatic hydroxyl groups is 1. The summed E-state index contributed by atoms with van der Waals surface area (Å²) >= 11 is 0. The van der Waals surface area contributed by atoms with E-state index < -0.39 is 8.32 Å². The maximum absolute atomic E-state index is 9.29. The van der Waals surface area contributed by atoms with Crippen LogP contribution in [-0.2, 0) is 4.43 Å². The molecule has 0 bridgehead atoms. The number of benzene rings is 2. The van der Waals surface area contributed by atoms with Crippen molar-refractivity contribution in [3.8, 4) is 0 Å². The van der Waals surface area contributed by atoms with Gasteiger partial charge in [0.1, 0.15) is 0 Å². The molecule has 146 valence electrons. The van der Waals surface area contributed by atoms with Crippen molar-refractivity contribution in [2.24, 2.45) is 5.92 Å². The monoisotopic (exact) mass is 382 g/mol. The van der Waals surface area contributed by atoms with Gasteiger partial charge in [0.15, 0.2) is 0 Å². The lowest BCUT2D eigenvalue weighted by atomic mass is 10.0. The van der Waals surface area contributed by atoms with E-state index in [1.165, 1.54) is 15.9 Å². The number of allylic oxidation sites excluding steroid dienone is 1. The molecule has 0 heterocycles. The Balaban J connectivity index is 2.42. The lowest BCUT2D eigenvalue weighted by Gasteiger charge is -2.42.